The number of halogens is 2. The molecular weight excluding hydrogens is 365 g/mol. The summed E-state index contributed by atoms with van der Waals surface area (Å²) in [5, 5.41) is 3.47. The van der Waals surface area contributed by atoms with Crippen LogP contribution in [0.3, 0.4) is 0 Å². The van der Waals surface area contributed by atoms with Gasteiger partial charge in [-0.3, -0.25) is 9.69 Å². The van der Waals surface area contributed by atoms with Crippen LogP contribution in [0.25, 0.3) is 0 Å². The molecule has 0 saturated carbocycles. The summed E-state index contributed by atoms with van der Waals surface area (Å²) in [6.45, 7) is 1.66. The quantitative estimate of drug-likeness (QED) is 0.826. The zero-order valence-corrected chi connectivity index (χ0v) is 15.1. The number of nitrogens with one attached hydrogen (secondary N) is 1. The average Bonchev–Trinajstić information content (AvgIpc) is 2.79. The number of pyridine rings is 1. The molecule has 0 spiro atoms. The molecule has 1 atom stereocenters. The Morgan fingerprint density at radius 2 is 2.04 bits per heavy atom. The van der Waals surface area contributed by atoms with Crippen LogP contribution in [0, 0.1) is 0 Å². The van der Waals surface area contributed by atoms with Crippen molar-refractivity contribution in [3.63, 3.8) is 0 Å². The molecule has 1 aromatic heterocycles. The zero-order valence-electron chi connectivity index (χ0n) is 13.5. The van der Waals surface area contributed by atoms with Gasteiger partial charge in [0.05, 0.1) is 13.7 Å². The molecule has 2 aromatic rings. The Morgan fingerprint density at radius 1 is 1.28 bits per heavy atom. The van der Waals surface area contributed by atoms with Gasteiger partial charge in [-0.2, -0.15) is 0 Å². The summed E-state index contributed by atoms with van der Waals surface area (Å²) >= 11 is 12.1. The lowest BCUT2D eigenvalue weighted by atomic mass is 9.92. The van der Waals surface area contributed by atoms with Gasteiger partial charge in [0, 0.05) is 27.4 Å². The maximum atomic E-state index is 13.0. The van der Waals surface area contributed by atoms with Gasteiger partial charge in [0.2, 0.25) is 5.88 Å². The highest BCUT2D eigenvalue weighted by Crippen LogP contribution is 2.35. The lowest BCUT2D eigenvalue weighted by Crippen LogP contribution is -2.41. The van der Waals surface area contributed by atoms with Gasteiger partial charge in [-0.05, 0) is 25.1 Å². The molecule has 1 fully saturated rings. The van der Waals surface area contributed by atoms with Crippen LogP contribution in [0.1, 0.15) is 18.1 Å². The number of hydrogen-bond donors (Lipinski definition) is 1. The van der Waals surface area contributed by atoms with E-state index in [9.17, 15) is 9.59 Å². The number of urea groups is 1. The molecule has 0 aliphatic carbocycles. The van der Waals surface area contributed by atoms with Gasteiger partial charge < -0.3 is 10.1 Å². The van der Waals surface area contributed by atoms with Crippen molar-refractivity contribution < 1.29 is 14.3 Å². The van der Waals surface area contributed by atoms with Crippen molar-refractivity contribution in [2.45, 2.75) is 19.0 Å². The fourth-order valence-electron chi connectivity index (χ4n) is 2.82. The average molecular weight is 380 g/mol. The zero-order chi connectivity index (χ0) is 18.2. The van der Waals surface area contributed by atoms with E-state index in [4.69, 9.17) is 27.9 Å². The number of nitrogens with zero attached hydrogens (tertiary/aromatic N) is 2. The Morgan fingerprint density at radius 3 is 2.72 bits per heavy atom. The van der Waals surface area contributed by atoms with Crippen LogP contribution < -0.4 is 10.1 Å². The molecule has 130 valence electrons. The molecule has 6 nitrogen and oxygen atoms in total. The van der Waals surface area contributed by atoms with Crippen LogP contribution in [-0.4, -0.2) is 28.9 Å². The molecule has 8 heteroatoms. The Hall–Kier alpha value is -2.31. The van der Waals surface area contributed by atoms with Gasteiger partial charge >= 0.3 is 6.03 Å². The maximum Gasteiger partial charge on any atom is 0.325 e. The van der Waals surface area contributed by atoms with E-state index in [1.807, 2.05) is 0 Å². The molecule has 3 amide bonds. The normalized spacial score (nSPS) is 19.9. The van der Waals surface area contributed by atoms with E-state index in [-0.39, 0.29) is 6.54 Å². The maximum absolute atomic E-state index is 13.0. The molecule has 1 aromatic carbocycles. The van der Waals surface area contributed by atoms with E-state index in [1.54, 1.807) is 37.4 Å². The van der Waals surface area contributed by atoms with Crippen LogP contribution in [-0.2, 0) is 16.9 Å². The standard InChI is InChI=1S/C17H15Cl2N3O3/c1-17(12-6-5-11(18)8-13(12)19)15(23)22(16(24)21-17)9-10-4-3-7-20-14(10)25-2/h3-8H,9H2,1-2H3,(H,21,24). The summed E-state index contributed by atoms with van der Waals surface area (Å²) in [5.41, 5.74) is -0.161. The first-order chi connectivity index (χ1) is 11.9. The fraction of sp³-hybridized carbons (Fsp3) is 0.235. The van der Waals surface area contributed by atoms with E-state index in [2.05, 4.69) is 10.3 Å². The third kappa shape index (κ3) is 3.03. The second-order valence-electron chi connectivity index (χ2n) is 5.74. The summed E-state index contributed by atoms with van der Waals surface area (Å²) in [7, 11) is 1.48. The molecule has 1 aliphatic heterocycles. The number of hydrogen-bond acceptors (Lipinski definition) is 4. The van der Waals surface area contributed by atoms with Gasteiger partial charge in [0.15, 0.2) is 0 Å². The molecule has 0 bridgehead atoms. The van der Waals surface area contributed by atoms with Gasteiger partial charge in [0.1, 0.15) is 5.54 Å². The molecule has 1 N–H and O–H groups in total. The van der Waals surface area contributed by atoms with Gasteiger partial charge in [-0.1, -0.05) is 35.3 Å². The fourth-order valence-corrected chi connectivity index (χ4v) is 3.41. The van der Waals surface area contributed by atoms with Crippen molar-refractivity contribution in [1.82, 2.24) is 15.2 Å². The Balaban J connectivity index is 1.94. The van der Waals surface area contributed by atoms with Crippen molar-refractivity contribution in [3.05, 3.63) is 57.7 Å². The minimum atomic E-state index is -1.27. The Kier molecular flexibility index (Phi) is 4.58. The first-order valence-electron chi connectivity index (χ1n) is 7.44. The predicted molar refractivity (Wildman–Crippen MR) is 93.7 cm³/mol. The van der Waals surface area contributed by atoms with Gasteiger partial charge in [0.25, 0.3) is 5.91 Å². The van der Waals surface area contributed by atoms with E-state index in [0.717, 1.165) is 4.90 Å². The predicted octanol–water partition coefficient (Wildman–Crippen LogP) is 3.36. The van der Waals surface area contributed by atoms with Crippen molar-refractivity contribution in [1.29, 1.82) is 0 Å². The molecule has 2 heterocycles. The van der Waals surface area contributed by atoms with Crippen LogP contribution in [0.2, 0.25) is 10.0 Å². The highest BCUT2D eigenvalue weighted by molar-refractivity contribution is 6.35. The van der Waals surface area contributed by atoms with Crippen molar-refractivity contribution >= 4 is 35.1 Å². The number of benzene rings is 1. The summed E-state index contributed by atoms with van der Waals surface area (Å²) in [5.74, 6) is -0.0474. The topological polar surface area (TPSA) is 71.5 Å². The van der Waals surface area contributed by atoms with Gasteiger partial charge in [-0.15, -0.1) is 0 Å². The number of amides is 3. The molecular formula is C17H15Cl2N3O3. The van der Waals surface area contributed by atoms with Crippen LogP contribution in [0.5, 0.6) is 5.88 Å². The van der Waals surface area contributed by atoms with Gasteiger partial charge in [-0.25, -0.2) is 9.78 Å². The Labute approximate surface area is 154 Å². The second-order valence-corrected chi connectivity index (χ2v) is 6.59. The lowest BCUT2D eigenvalue weighted by molar-refractivity contribution is -0.131. The smallest absolute Gasteiger partial charge is 0.325 e. The molecule has 1 unspecified atom stereocenters. The summed E-state index contributed by atoms with van der Waals surface area (Å²) < 4.78 is 5.18. The lowest BCUT2D eigenvalue weighted by Gasteiger charge is -2.23. The van der Waals surface area contributed by atoms with Crippen molar-refractivity contribution in [3.8, 4) is 5.88 Å². The van der Waals surface area contributed by atoms with E-state index in [0.29, 0.717) is 27.1 Å². The largest absolute Gasteiger partial charge is 0.481 e. The molecule has 3 rings (SSSR count). The van der Waals surface area contributed by atoms with E-state index >= 15 is 0 Å². The number of imide groups is 1. The highest BCUT2D eigenvalue weighted by Gasteiger charge is 2.50. The minimum Gasteiger partial charge on any atom is -0.481 e. The van der Waals surface area contributed by atoms with Crippen LogP contribution in [0.4, 0.5) is 4.79 Å². The first-order valence-corrected chi connectivity index (χ1v) is 8.20. The first kappa shape index (κ1) is 17.5. The molecule has 25 heavy (non-hydrogen) atoms. The summed E-state index contributed by atoms with van der Waals surface area (Å²) in [4.78, 5) is 30.6. The Bertz CT molecular complexity index is 859. The second kappa shape index (κ2) is 6.54. The monoisotopic (exact) mass is 379 g/mol. The molecule has 1 aliphatic rings. The number of ether oxygens (including phenoxy) is 1. The number of methoxy groups -OCH3 is 1. The highest BCUT2D eigenvalue weighted by atomic mass is 35.5. The minimum absolute atomic E-state index is 0.0441. The molecule has 1 saturated heterocycles. The third-order valence-electron chi connectivity index (χ3n) is 4.12. The summed E-state index contributed by atoms with van der Waals surface area (Å²) in [6, 6.07) is 7.75. The SMILES string of the molecule is COc1ncccc1CN1C(=O)NC(C)(c2ccc(Cl)cc2Cl)C1=O. The number of carbonyl (C=O) groups is 2. The van der Waals surface area contributed by atoms with Crippen LogP contribution in [0.15, 0.2) is 36.5 Å². The van der Waals surface area contributed by atoms with E-state index < -0.39 is 17.5 Å². The van der Waals surface area contributed by atoms with E-state index in [1.165, 1.54) is 13.2 Å². The summed E-state index contributed by atoms with van der Waals surface area (Å²) in [6.07, 6.45) is 1.58. The number of rotatable bonds is 4. The third-order valence-corrected chi connectivity index (χ3v) is 4.66. The van der Waals surface area contributed by atoms with Crippen molar-refractivity contribution in [2.75, 3.05) is 7.11 Å². The van der Waals surface area contributed by atoms with Crippen molar-refractivity contribution in [2.24, 2.45) is 0 Å². The number of aromatic nitrogens is 1. The van der Waals surface area contributed by atoms with Crippen LogP contribution >= 0.6 is 23.2 Å². The molecule has 0 radical (unpaired) electrons. The number of carbonyl (C=O) groups excluding carboxylic acids is 2.